The molecule has 0 fully saturated rings. The minimum Gasteiger partial charge on any atom is -0.463 e. The first-order chi connectivity index (χ1) is 20.5. The van der Waals surface area contributed by atoms with Crippen molar-refractivity contribution in [3.8, 4) is 0 Å². The number of esters is 2. The van der Waals surface area contributed by atoms with Gasteiger partial charge in [-0.1, -0.05) is 72.8 Å². The van der Waals surface area contributed by atoms with Crippen molar-refractivity contribution in [1.82, 2.24) is 10.6 Å². The molecule has 9 heteroatoms. The number of aliphatic hydroxyl groups excluding tert-OH is 1. The number of carbonyl (C=O) groups is 4. The van der Waals surface area contributed by atoms with Crippen LogP contribution in [0.3, 0.4) is 0 Å². The average molecular weight is 593 g/mol. The molecular formula is C34H44N2O7. The molecule has 2 amide bonds. The molecule has 0 radical (unpaired) electrons. The maximum absolute atomic E-state index is 13.5. The molecule has 2 aromatic rings. The second-order valence-corrected chi connectivity index (χ2v) is 12.0. The van der Waals surface area contributed by atoms with Gasteiger partial charge >= 0.3 is 11.9 Å². The predicted molar refractivity (Wildman–Crippen MR) is 163 cm³/mol. The molecule has 3 N–H and O–H groups in total. The number of carbonyl (C=O) groups excluding carboxylic acids is 4. The maximum atomic E-state index is 13.5. The molecule has 4 atom stereocenters. The van der Waals surface area contributed by atoms with E-state index in [0.717, 1.165) is 11.1 Å². The summed E-state index contributed by atoms with van der Waals surface area (Å²) in [6.45, 7) is 4.97. The van der Waals surface area contributed by atoms with Crippen molar-refractivity contribution in [2.45, 2.75) is 77.0 Å². The number of ether oxygens (including phenoxy) is 2. The third kappa shape index (κ3) is 12.4. The zero-order chi connectivity index (χ0) is 31.2. The SMILES string of the molecule is CC(C)(C)OC(=O)C[C@H]1C/C=C\C[C@H](CC(=O)N[C@H](CO)Cc2ccccc2)C(=O)N[C@H](Cc2ccccc2)COC1=O. The standard InChI is InChI=1S/C34H44N2O7/c1-34(2,3)43-31(39)21-27-17-11-10-16-26(20-30(38)35-28(22-37)18-24-12-6-4-7-13-24)32(40)36-29(23-42-33(27)41)19-25-14-8-5-9-15-25/h4-15,26-29,37H,16-23H2,1-3H3,(H,35,38)(H,36,40)/b11-10-/t26-,27-,28+,29-/m1/s1. The van der Waals surface area contributed by atoms with Crippen molar-refractivity contribution in [3.63, 3.8) is 0 Å². The minimum absolute atomic E-state index is 0.0827. The number of aliphatic hydroxyl groups is 1. The molecule has 0 bridgehead atoms. The topological polar surface area (TPSA) is 131 Å². The fraction of sp³-hybridized carbons (Fsp3) is 0.471. The summed E-state index contributed by atoms with van der Waals surface area (Å²) in [5, 5.41) is 15.7. The lowest BCUT2D eigenvalue weighted by Gasteiger charge is -2.25. The molecule has 3 rings (SSSR count). The number of amides is 2. The van der Waals surface area contributed by atoms with Gasteiger partial charge in [0, 0.05) is 6.42 Å². The lowest BCUT2D eigenvalue weighted by molar-refractivity contribution is -0.161. The highest BCUT2D eigenvalue weighted by Crippen LogP contribution is 2.20. The molecule has 1 heterocycles. The van der Waals surface area contributed by atoms with E-state index in [2.05, 4.69) is 10.6 Å². The third-order valence-electron chi connectivity index (χ3n) is 6.99. The third-order valence-corrected chi connectivity index (χ3v) is 6.99. The molecule has 0 spiro atoms. The van der Waals surface area contributed by atoms with Gasteiger partial charge < -0.3 is 25.2 Å². The van der Waals surface area contributed by atoms with Crippen molar-refractivity contribution >= 4 is 23.8 Å². The van der Waals surface area contributed by atoms with E-state index in [1.54, 1.807) is 32.9 Å². The van der Waals surface area contributed by atoms with Crippen LogP contribution in [0, 0.1) is 11.8 Å². The second kappa shape index (κ2) is 16.6. The highest BCUT2D eigenvalue weighted by molar-refractivity contribution is 5.86. The highest BCUT2D eigenvalue weighted by atomic mass is 16.6. The Kier molecular flexibility index (Phi) is 12.9. The van der Waals surface area contributed by atoms with Crippen LogP contribution >= 0.6 is 0 Å². The van der Waals surface area contributed by atoms with Crippen LogP contribution in [0.4, 0.5) is 0 Å². The second-order valence-electron chi connectivity index (χ2n) is 12.0. The van der Waals surface area contributed by atoms with Crippen LogP contribution in [0.25, 0.3) is 0 Å². The summed E-state index contributed by atoms with van der Waals surface area (Å²) in [5.74, 6) is -3.13. The summed E-state index contributed by atoms with van der Waals surface area (Å²) in [4.78, 5) is 52.1. The highest BCUT2D eigenvalue weighted by Gasteiger charge is 2.29. The molecule has 43 heavy (non-hydrogen) atoms. The molecule has 0 aliphatic carbocycles. The predicted octanol–water partition coefficient (Wildman–Crippen LogP) is 3.68. The summed E-state index contributed by atoms with van der Waals surface area (Å²) >= 11 is 0. The number of hydrogen-bond acceptors (Lipinski definition) is 7. The monoisotopic (exact) mass is 592 g/mol. The van der Waals surface area contributed by atoms with Crippen molar-refractivity contribution in [2.24, 2.45) is 11.8 Å². The molecule has 9 nitrogen and oxygen atoms in total. The van der Waals surface area contributed by atoms with E-state index in [-0.39, 0.29) is 50.7 Å². The molecule has 2 aromatic carbocycles. The van der Waals surface area contributed by atoms with Gasteiger partial charge in [-0.05, 0) is 57.6 Å². The van der Waals surface area contributed by atoms with Gasteiger partial charge in [-0.2, -0.15) is 0 Å². The zero-order valence-electron chi connectivity index (χ0n) is 25.3. The number of nitrogens with one attached hydrogen (secondary N) is 2. The Labute approximate surface area is 254 Å². The first-order valence-corrected chi connectivity index (χ1v) is 14.8. The lowest BCUT2D eigenvalue weighted by atomic mass is 9.95. The number of hydrogen-bond donors (Lipinski definition) is 3. The van der Waals surface area contributed by atoms with Gasteiger partial charge in [-0.3, -0.25) is 19.2 Å². The van der Waals surface area contributed by atoms with Crippen LogP contribution in [0.5, 0.6) is 0 Å². The Bertz CT molecular complexity index is 1220. The van der Waals surface area contributed by atoms with Crippen molar-refractivity contribution in [2.75, 3.05) is 13.2 Å². The minimum atomic E-state index is -0.747. The summed E-state index contributed by atoms with van der Waals surface area (Å²) in [7, 11) is 0. The number of allylic oxidation sites excluding steroid dienone is 2. The van der Waals surface area contributed by atoms with Crippen molar-refractivity contribution < 1.29 is 33.8 Å². The Balaban J connectivity index is 1.75. The maximum Gasteiger partial charge on any atom is 0.309 e. The van der Waals surface area contributed by atoms with Gasteiger partial charge in [0.1, 0.15) is 12.2 Å². The van der Waals surface area contributed by atoms with Crippen LogP contribution < -0.4 is 10.6 Å². The molecule has 0 saturated carbocycles. The van der Waals surface area contributed by atoms with E-state index in [1.165, 1.54) is 0 Å². The molecule has 0 aromatic heterocycles. The largest absolute Gasteiger partial charge is 0.463 e. The van der Waals surface area contributed by atoms with Crippen molar-refractivity contribution in [3.05, 3.63) is 83.9 Å². The van der Waals surface area contributed by atoms with E-state index in [4.69, 9.17) is 9.47 Å². The van der Waals surface area contributed by atoms with Gasteiger partial charge in [-0.25, -0.2) is 0 Å². The molecule has 232 valence electrons. The van der Waals surface area contributed by atoms with Gasteiger partial charge in [-0.15, -0.1) is 0 Å². The molecule has 0 unspecified atom stereocenters. The van der Waals surface area contributed by atoms with Gasteiger partial charge in [0.25, 0.3) is 0 Å². The fourth-order valence-corrected chi connectivity index (χ4v) is 4.89. The van der Waals surface area contributed by atoms with E-state index < -0.39 is 41.5 Å². The number of rotatable bonds is 10. The van der Waals surface area contributed by atoms with Crippen molar-refractivity contribution in [1.29, 1.82) is 0 Å². The number of benzene rings is 2. The molecule has 1 aliphatic heterocycles. The summed E-state index contributed by atoms with van der Waals surface area (Å²) in [6.07, 6.45) is 4.64. The average Bonchev–Trinajstić information content (AvgIpc) is 2.95. The van der Waals surface area contributed by atoms with Gasteiger partial charge in [0.15, 0.2) is 0 Å². The normalized spacial score (nSPS) is 21.3. The summed E-state index contributed by atoms with van der Waals surface area (Å²) < 4.78 is 11.1. The Morgan fingerprint density at radius 3 is 2.16 bits per heavy atom. The molecular weight excluding hydrogens is 548 g/mol. The van der Waals surface area contributed by atoms with Crippen LogP contribution in [0.2, 0.25) is 0 Å². The Morgan fingerprint density at radius 1 is 0.953 bits per heavy atom. The Hall–Kier alpha value is -3.98. The molecule has 0 saturated heterocycles. The smallest absolute Gasteiger partial charge is 0.309 e. The van der Waals surface area contributed by atoms with Crippen LogP contribution in [-0.4, -0.2) is 59.8 Å². The summed E-state index contributed by atoms with van der Waals surface area (Å²) in [6, 6.07) is 18.0. The van der Waals surface area contributed by atoms with Gasteiger partial charge in [0.2, 0.25) is 11.8 Å². The van der Waals surface area contributed by atoms with E-state index in [9.17, 15) is 24.3 Å². The van der Waals surface area contributed by atoms with Crippen LogP contribution in [0.15, 0.2) is 72.8 Å². The van der Waals surface area contributed by atoms with Gasteiger partial charge in [0.05, 0.1) is 36.9 Å². The first kappa shape index (κ1) is 33.5. The zero-order valence-corrected chi connectivity index (χ0v) is 25.3. The van der Waals surface area contributed by atoms with Crippen LogP contribution in [0.1, 0.15) is 57.6 Å². The quantitative estimate of drug-likeness (QED) is 0.283. The Morgan fingerprint density at radius 2 is 1.56 bits per heavy atom. The number of cyclic esters (lactones) is 1. The summed E-state index contributed by atoms with van der Waals surface area (Å²) in [5.41, 5.74) is 1.24. The molecule has 1 aliphatic rings. The van der Waals surface area contributed by atoms with E-state index in [1.807, 2.05) is 60.7 Å². The lowest BCUT2D eigenvalue weighted by Crippen LogP contribution is -2.46. The first-order valence-electron chi connectivity index (χ1n) is 14.8. The van der Waals surface area contributed by atoms with E-state index in [0.29, 0.717) is 12.8 Å². The van der Waals surface area contributed by atoms with Crippen LogP contribution in [-0.2, 0) is 41.5 Å². The van der Waals surface area contributed by atoms with E-state index >= 15 is 0 Å². The fourth-order valence-electron chi connectivity index (χ4n) is 4.89.